The van der Waals surface area contributed by atoms with Gasteiger partial charge in [0.2, 0.25) is 0 Å². The number of nitrogens with one attached hydrogen (secondary N) is 1. The van der Waals surface area contributed by atoms with Crippen molar-refractivity contribution in [2.24, 2.45) is 0 Å². The van der Waals surface area contributed by atoms with E-state index in [-0.39, 0.29) is 35.1 Å². The van der Waals surface area contributed by atoms with Gasteiger partial charge in [-0.3, -0.25) is 19.3 Å². The molecule has 0 aromatic heterocycles. The van der Waals surface area contributed by atoms with Crippen LogP contribution in [-0.4, -0.2) is 74.6 Å². The van der Waals surface area contributed by atoms with Crippen molar-refractivity contribution in [3.63, 3.8) is 0 Å². The average molecular weight is 483 g/mol. The van der Waals surface area contributed by atoms with Gasteiger partial charge in [0.05, 0.1) is 0 Å². The van der Waals surface area contributed by atoms with Crippen LogP contribution < -0.4 is 5.32 Å². The molecular weight excluding hydrogens is 460 g/mol. The lowest BCUT2D eigenvalue weighted by Gasteiger charge is -2.55. The molecule has 1 unspecified atom stereocenters. The molecule has 2 N–H and O–H groups in total. The van der Waals surface area contributed by atoms with Gasteiger partial charge in [-0.2, -0.15) is 0 Å². The first-order chi connectivity index (χ1) is 15.2. The zero-order valence-electron chi connectivity index (χ0n) is 17.4. The highest BCUT2D eigenvalue weighted by Crippen LogP contribution is 2.46. The molecule has 0 aliphatic carbocycles. The van der Waals surface area contributed by atoms with Crippen LogP contribution in [0.15, 0.2) is 41.6 Å². The van der Waals surface area contributed by atoms with Gasteiger partial charge < -0.3 is 24.4 Å². The normalized spacial score (nSPS) is 23.2. The second-order valence-corrected chi connectivity index (χ2v) is 9.60. The summed E-state index contributed by atoms with van der Waals surface area (Å²) in [6, 6.07) is 9.03. The molecule has 2 aliphatic rings. The maximum absolute atomic E-state index is 13.0. The number of carboxylic acid groups (broad SMARTS) is 1. The molecule has 1 saturated heterocycles. The van der Waals surface area contributed by atoms with Gasteiger partial charge in [-0.1, -0.05) is 30.3 Å². The lowest BCUT2D eigenvalue weighted by molar-refractivity contribution is -0.192. The number of carbonyl (C=O) groups is 4. The van der Waals surface area contributed by atoms with Crippen molar-refractivity contribution in [2.75, 3.05) is 25.2 Å². The predicted molar refractivity (Wildman–Crippen MR) is 115 cm³/mol. The summed E-state index contributed by atoms with van der Waals surface area (Å²) in [5.74, 6) is -3.36. The third-order valence-electron chi connectivity index (χ3n) is 4.87. The van der Waals surface area contributed by atoms with Crippen molar-refractivity contribution in [3.8, 4) is 0 Å². The largest absolute Gasteiger partial charge is 0.616 e. The molecule has 1 aromatic carbocycles. The number of carboxylic acids is 1. The number of aliphatic carboxylic acids is 1. The number of carbonyl (C=O) groups excluding carboxylic acids is 3. The standard InChI is InChI=1S/C20H22N2O8S2/c1-12(23)30-8-14-9-31-19-20(29-2,18(27)22(19)16(14)17(25)26)21-15(24)11-32(28)10-13-6-4-3-5-7-13/h3-7,19H,8-11H2,1-2H3,(H,21,24)(H,25,26)/t19-,20+,32?/m1/s1. The van der Waals surface area contributed by atoms with Crippen molar-refractivity contribution in [2.45, 2.75) is 23.8 Å². The Labute approximate surface area is 191 Å². The van der Waals surface area contributed by atoms with Crippen LogP contribution in [0, 0.1) is 0 Å². The fourth-order valence-corrected chi connectivity index (χ4v) is 5.89. The zero-order chi connectivity index (χ0) is 23.5. The minimum Gasteiger partial charge on any atom is -0.616 e. The first-order valence-electron chi connectivity index (χ1n) is 9.48. The van der Waals surface area contributed by atoms with Gasteiger partial charge in [0, 0.05) is 30.9 Å². The number of benzene rings is 1. The smallest absolute Gasteiger partial charge is 0.352 e. The Morgan fingerprint density at radius 1 is 1.34 bits per heavy atom. The third kappa shape index (κ3) is 4.77. The second kappa shape index (κ2) is 9.94. The van der Waals surface area contributed by atoms with Crippen LogP contribution >= 0.6 is 11.8 Å². The number of methoxy groups -OCH3 is 1. The number of amides is 2. The number of hydrogen-bond acceptors (Lipinski definition) is 8. The molecule has 0 bridgehead atoms. The van der Waals surface area contributed by atoms with Gasteiger partial charge in [0.15, 0.2) is 5.75 Å². The molecule has 172 valence electrons. The van der Waals surface area contributed by atoms with E-state index < -0.39 is 46.0 Å². The molecule has 0 saturated carbocycles. The fourth-order valence-electron chi connectivity index (χ4n) is 3.44. The number of ether oxygens (including phenoxy) is 2. The van der Waals surface area contributed by atoms with E-state index in [0.29, 0.717) is 0 Å². The molecule has 12 heteroatoms. The minimum absolute atomic E-state index is 0.157. The first kappa shape index (κ1) is 24.1. The van der Waals surface area contributed by atoms with E-state index in [1.807, 2.05) is 6.07 Å². The van der Waals surface area contributed by atoms with Crippen LogP contribution in [0.1, 0.15) is 12.5 Å². The number of fused-ring (bicyclic) bond motifs is 1. The average Bonchev–Trinajstić information content (AvgIpc) is 2.75. The highest BCUT2D eigenvalue weighted by molar-refractivity contribution is 8.00. The summed E-state index contributed by atoms with van der Waals surface area (Å²) < 4.78 is 22.6. The molecule has 2 amide bonds. The molecule has 2 aliphatic heterocycles. The SMILES string of the molecule is CO[C@@]1(NC(=O)C[S+]([O-])Cc2ccccc2)C(=O)N2C(C(=O)O)=C(COC(C)=O)CS[C@@H]21. The van der Waals surface area contributed by atoms with E-state index >= 15 is 0 Å². The lowest BCUT2D eigenvalue weighted by Crippen LogP contribution is -2.81. The number of hydrogen-bond donors (Lipinski definition) is 2. The van der Waals surface area contributed by atoms with Crippen molar-refractivity contribution < 1.29 is 38.3 Å². The zero-order valence-corrected chi connectivity index (χ0v) is 19.0. The Kier molecular flexibility index (Phi) is 7.49. The van der Waals surface area contributed by atoms with Crippen LogP contribution in [0.5, 0.6) is 0 Å². The molecule has 0 spiro atoms. The summed E-state index contributed by atoms with van der Waals surface area (Å²) in [4.78, 5) is 49.4. The Morgan fingerprint density at radius 3 is 2.62 bits per heavy atom. The van der Waals surface area contributed by atoms with Crippen molar-refractivity contribution in [1.82, 2.24) is 10.2 Å². The van der Waals surface area contributed by atoms with Crippen LogP contribution in [-0.2, 0) is 45.6 Å². The Morgan fingerprint density at radius 2 is 2.03 bits per heavy atom. The van der Waals surface area contributed by atoms with Crippen LogP contribution in [0.3, 0.4) is 0 Å². The first-order valence-corrected chi connectivity index (χ1v) is 12.0. The van der Waals surface area contributed by atoms with Gasteiger partial charge in [-0.05, 0) is 11.2 Å². The molecule has 3 atom stereocenters. The maximum Gasteiger partial charge on any atom is 0.352 e. The van der Waals surface area contributed by atoms with Crippen LogP contribution in [0.25, 0.3) is 0 Å². The van der Waals surface area contributed by atoms with E-state index in [1.54, 1.807) is 24.3 Å². The molecule has 32 heavy (non-hydrogen) atoms. The van der Waals surface area contributed by atoms with Crippen LogP contribution in [0.2, 0.25) is 0 Å². The second-order valence-electron chi connectivity index (χ2n) is 7.08. The molecule has 1 aromatic rings. The Bertz CT molecular complexity index is 954. The molecule has 3 rings (SSSR count). The molecule has 0 radical (unpaired) electrons. The quantitative estimate of drug-likeness (QED) is 0.218. The van der Waals surface area contributed by atoms with E-state index in [0.717, 1.165) is 10.5 Å². The summed E-state index contributed by atoms with van der Waals surface area (Å²) in [6.45, 7) is 0.938. The highest BCUT2D eigenvalue weighted by atomic mass is 32.2. The number of β-lactam (4-membered cyclic amide) rings is 1. The lowest BCUT2D eigenvalue weighted by atomic mass is 9.98. The third-order valence-corrected chi connectivity index (χ3v) is 7.48. The van der Waals surface area contributed by atoms with Gasteiger partial charge in [-0.15, -0.1) is 11.8 Å². The van der Waals surface area contributed by atoms with Crippen molar-refractivity contribution in [3.05, 3.63) is 47.2 Å². The van der Waals surface area contributed by atoms with E-state index in [2.05, 4.69) is 5.32 Å². The molecule has 1 fully saturated rings. The Balaban J connectivity index is 1.71. The summed E-state index contributed by atoms with van der Waals surface area (Å²) >= 11 is -0.345. The van der Waals surface area contributed by atoms with Gasteiger partial charge in [-0.25, -0.2) is 4.79 Å². The topological polar surface area (TPSA) is 145 Å². The monoisotopic (exact) mass is 482 g/mol. The molecule has 10 nitrogen and oxygen atoms in total. The van der Waals surface area contributed by atoms with Crippen LogP contribution in [0.4, 0.5) is 0 Å². The molecule has 2 heterocycles. The number of rotatable bonds is 9. The summed E-state index contributed by atoms with van der Waals surface area (Å²) in [5, 5.41) is 11.3. The van der Waals surface area contributed by atoms with Gasteiger partial charge in [0.25, 0.3) is 17.5 Å². The van der Waals surface area contributed by atoms with Gasteiger partial charge in [0.1, 0.15) is 23.4 Å². The number of esters is 1. The van der Waals surface area contributed by atoms with Crippen molar-refractivity contribution >= 4 is 46.7 Å². The fraction of sp³-hybridized carbons (Fsp3) is 0.400. The van der Waals surface area contributed by atoms with Crippen molar-refractivity contribution in [1.29, 1.82) is 0 Å². The van der Waals surface area contributed by atoms with Gasteiger partial charge >= 0.3 is 11.9 Å². The summed E-state index contributed by atoms with van der Waals surface area (Å²) in [5.41, 5.74) is -0.992. The summed E-state index contributed by atoms with van der Waals surface area (Å²) in [7, 11) is 1.23. The molecular formula is C20H22N2O8S2. The number of nitrogens with zero attached hydrogens (tertiary/aromatic N) is 1. The predicted octanol–water partition coefficient (Wildman–Crippen LogP) is 0.211. The Hall–Kier alpha value is -2.54. The minimum atomic E-state index is -1.77. The van der Waals surface area contributed by atoms with E-state index in [9.17, 15) is 28.8 Å². The number of thioether (sulfide) groups is 1. The maximum atomic E-state index is 13.0. The van der Waals surface area contributed by atoms with E-state index in [1.165, 1.54) is 25.8 Å². The highest BCUT2D eigenvalue weighted by Gasteiger charge is 2.66. The van der Waals surface area contributed by atoms with E-state index in [4.69, 9.17) is 9.47 Å². The summed E-state index contributed by atoms with van der Waals surface area (Å²) in [6.07, 6.45) is 0.